The minimum Gasteiger partial charge on any atom is -0.457 e. The lowest BCUT2D eigenvalue weighted by Crippen LogP contribution is -2.25. The largest absolute Gasteiger partial charge is 0.457 e. The fraction of sp³-hybridized carbons (Fsp3) is 0.100. The van der Waals surface area contributed by atoms with Crippen molar-refractivity contribution in [2.75, 3.05) is 0 Å². The van der Waals surface area contributed by atoms with Gasteiger partial charge in [-0.3, -0.25) is 9.59 Å². The maximum Gasteiger partial charge on any atom is 0.417 e. The molecule has 2 aromatic carbocycles. The molecule has 138 valence electrons. The van der Waals surface area contributed by atoms with Crippen molar-refractivity contribution in [2.45, 2.75) is 12.7 Å². The zero-order valence-corrected chi connectivity index (χ0v) is 13.9. The van der Waals surface area contributed by atoms with E-state index >= 15 is 0 Å². The van der Waals surface area contributed by atoms with Gasteiger partial charge in [0.2, 0.25) is 0 Å². The predicted molar refractivity (Wildman–Crippen MR) is 93.0 cm³/mol. The molecule has 0 aliphatic rings. The maximum absolute atomic E-state index is 12.8. The van der Waals surface area contributed by atoms with Crippen LogP contribution in [0.3, 0.4) is 0 Å². The summed E-state index contributed by atoms with van der Waals surface area (Å²) in [5, 5.41) is 0. The summed E-state index contributed by atoms with van der Waals surface area (Å²) in [6, 6.07) is 16.7. The van der Waals surface area contributed by atoms with E-state index in [1.54, 1.807) is 24.3 Å². The third kappa shape index (κ3) is 4.63. The Kier molecular flexibility index (Phi) is 5.12. The van der Waals surface area contributed by atoms with Crippen molar-refractivity contribution in [3.63, 3.8) is 0 Å². The van der Waals surface area contributed by atoms with E-state index < -0.39 is 29.6 Å². The minimum atomic E-state index is -4.59. The van der Waals surface area contributed by atoms with Crippen LogP contribution in [0.2, 0.25) is 0 Å². The molecule has 0 bridgehead atoms. The first kappa shape index (κ1) is 18.4. The molecule has 0 radical (unpaired) electrons. The number of halogens is 3. The van der Waals surface area contributed by atoms with E-state index in [1.165, 1.54) is 12.1 Å². The van der Waals surface area contributed by atoms with Gasteiger partial charge in [-0.25, -0.2) is 0 Å². The highest BCUT2D eigenvalue weighted by Gasteiger charge is 2.31. The van der Waals surface area contributed by atoms with Gasteiger partial charge in [0.25, 0.3) is 5.56 Å². The SMILES string of the molecule is O=C(Cn1cc(C(F)(F)F)ccc1=O)c1ccc(Oc2ccccc2)cc1. The lowest BCUT2D eigenvalue weighted by atomic mass is 10.1. The molecule has 0 unspecified atom stereocenters. The Hall–Kier alpha value is -3.35. The number of nitrogens with zero attached hydrogens (tertiary/aromatic N) is 1. The summed E-state index contributed by atoms with van der Waals surface area (Å²) in [5.74, 6) is 0.656. The molecule has 0 aliphatic heterocycles. The lowest BCUT2D eigenvalue weighted by Gasteiger charge is -2.10. The average Bonchev–Trinajstić information content (AvgIpc) is 2.64. The van der Waals surface area contributed by atoms with Crippen molar-refractivity contribution in [1.82, 2.24) is 4.57 Å². The van der Waals surface area contributed by atoms with Crippen LogP contribution in [-0.2, 0) is 12.7 Å². The van der Waals surface area contributed by atoms with Crippen LogP contribution < -0.4 is 10.3 Å². The molecule has 0 N–H and O–H groups in total. The fourth-order valence-corrected chi connectivity index (χ4v) is 2.40. The van der Waals surface area contributed by atoms with Crippen molar-refractivity contribution >= 4 is 5.78 Å². The molecule has 27 heavy (non-hydrogen) atoms. The highest BCUT2D eigenvalue weighted by molar-refractivity contribution is 5.96. The number of rotatable bonds is 5. The summed E-state index contributed by atoms with van der Waals surface area (Å²) in [4.78, 5) is 24.1. The number of aromatic nitrogens is 1. The average molecular weight is 373 g/mol. The molecule has 4 nitrogen and oxygen atoms in total. The number of Topliss-reactive ketones (excluding diaryl/α,β-unsaturated/α-hetero) is 1. The summed E-state index contributed by atoms with van der Waals surface area (Å²) >= 11 is 0. The molecular formula is C20H14F3NO3. The van der Waals surface area contributed by atoms with Crippen molar-refractivity contribution in [2.24, 2.45) is 0 Å². The third-order valence-corrected chi connectivity index (χ3v) is 3.78. The maximum atomic E-state index is 12.8. The molecule has 0 aliphatic carbocycles. The van der Waals surface area contributed by atoms with Crippen molar-refractivity contribution in [3.05, 3.63) is 94.4 Å². The van der Waals surface area contributed by atoms with Gasteiger partial charge >= 0.3 is 6.18 Å². The Morgan fingerprint density at radius 2 is 1.52 bits per heavy atom. The summed E-state index contributed by atoms with van der Waals surface area (Å²) in [5.41, 5.74) is -1.40. The molecule has 0 saturated carbocycles. The van der Waals surface area contributed by atoms with E-state index in [2.05, 4.69) is 0 Å². The van der Waals surface area contributed by atoms with Crippen LogP contribution in [0.1, 0.15) is 15.9 Å². The minimum absolute atomic E-state index is 0.264. The van der Waals surface area contributed by atoms with Crippen LogP contribution in [0.5, 0.6) is 11.5 Å². The zero-order chi connectivity index (χ0) is 19.4. The number of ether oxygens (including phenoxy) is 1. The smallest absolute Gasteiger partial charge is 0.417 e. The normalized spacial score (nSPS) is 11.2. The van der Waals surface area contributed by atoms with Crippen LogP contribution in [0.15, 0.2) is 77.7 Å². The lowest BCUT2D eigenvalue weighted by molar-refractivity contribution is -0.138. The van der Waals surface area contributed by atoms with Crippen LogP contribution in [0.25, 0.3) is 0 Å². The highest BCUT2D eigenvalue weighted by atomic mass is 19.4. The second kappa shape index (κ2) is 7.49. The molecule has 0 spiro atoms. The van der Waals surface area contributed by atoms with Gasteiger partial charge < -0.3 is 9.30 Å². The molecule has 1 heterocycles. The Morgan fingerprint density at radius 1 is 0.889 bits per heavy atom. The molecule has 3 aromatic rings. The summed E-state index contributed by atoms with van der Waals surface area (Å²) in [6.07, 6.45) is -3.94. The number of ketones is 1. The quantitative estimate of drug-likeness (QED) is 0.617. The number of para-hydroxylation sites is 1. The Bertz CT molecular complexity index is 993. The first-order chi connectivity index (χ1) is 12.8. The van der Waals surface area contributed by atoms with E-state index in [4.69, 9.17) is 4.74 Å². The van der Waals surface area contributed by atoms with Crippen LogP contribution in [0, 0.1) is 0 Å². The van der Waals surface area contributed by atoms with Crippen molar-refractivity contribution in [1.29, 1.82) is 0 Å². The number of hydrogen-bond donors (Lipinski definition) is 0. The van der Waals surface area contributed by atoms with Crippen molar-refractivity contribution < 1.29 is 22.7 Å². The summed E-state index contributed by atoms with van der Waals surface area (Å²) in [6.45, 7) is -0.484. The van der Waals surface area contributed by atoms with Crippen LogP contribution >= 0.6 is 0 Å². The molecule has 0 amide bonds. The van der Waals surface area contributed by atoms with Gasteiger partial charge in [-0.05, 0) is 42.5 Å². The standard InChI is InChI=1S/C20H14F3NO3/c21-20(22,23)15-8-11-19(26)24(12-15)13-18(25)14-6-9-17(10-7-14)27-16-4-2-1-3-5-16/h1-12H,13H2. The van der Waals surface area contributed by atoms with Gasteiger partial charge in [0.15, 0.2) is 5.78 Å². The van der Waals surface area contributed by atoms with E-state index in [0.717, 1.165) is 10.6 Å². The van der Waals surface area contributed by atoms with Crippen LogP contribution in [0.4, 0.5) is 13.2 Å². The molecule has 1 aromatic heterocycles. The number of hydrogen-bond acceptors (Lipinski definition) is 3. The Labute approximate surface area is 152 Å². The Balaban J connectivity index is 1.74. The van der Waals surface area contributed by atoms with Gasteiger partial charge in [-0.2, -0.15) is 13.2 Å². The van der Waals surface area contributed by atoms with Crippen LogP contribution in [-0.4, -0.2) is 10.4 Å². The number of alkyl halides is 3. The first-order valence-corrected chi connectivity index (χ1v) is 7.97. The van der Waals surface area contributed by atoms with Gasteiger partial charge in [0.1, 0.15) is 11.5 Å². The first-order valence-electron chi connectivity index (χ1n) is 7.97. The second-order valence-corrected chi connectivity index (χ2v) is 5.74. The number of pyridine rings is 1. The van der Waals surface area contributed by atoms with E-state index in [0.29, 0.717) is 23.8 Å². The van der Waals surface area contributed by atoms with Crippen molar-refractivity contribution in [3.8, 4) is 11.5 Å². The molecule has 0 fully saturated rings. The topological polar surface area (TPSA) is 48.3 Å². The van der Waals surface area contributed by atoms with E-state index in [1.807, 2.05) is 18.2 Å². The third-order valence-electron chi connectivity index (χ3n) is 3.78. The predicted octanol–water partition coefficient (Wildman–Crippen LogP) is 4.54. The number of carbonyl (C=O) groups excluding carboxylic acids is 1. The zero-order valence-electron chi connectivity index (χ0n) is 13.9. The monoisotopic (exact) mass is 373 g/mol. The van der Waals surface area contributed by atoms with Gasteiger partial charge in [-0.15, -0.1) is 0 Å². The molecule has 3 rings (SSSR count). The van der Waals surface area contributed by atoms with Gasteiger partial charge in [-0.1, -0.05) is 18.2 Å². The molecule has 0 saturated heterocycles. The van der Waals surface area contributed by atoms with E-state index in [9.17, 15) is 22.8 Å². The highest BCUT2D eigenvalue weighted by Crippen LogP contribution is 2.28. The number of benzene rings is 2. The molecular weight excluding hydrogens is 359 g/mol. The van der Waals surface area contributed by atoms with Gasteiger partial charge in [0, 0.05) is 17.8 Å². The van der Waals surface area contributed by atoms with Gasteiger partial charge in [0.05, 0.1) is 12.1 Å². The Morgan fingerprint density at radius 3 is 2.15 bits per heavy atom. The molecule has 0 atom stereocenters. The molecule has 7 heteroatoms. The fourth-order valence-electron chi connectivity index (χ4n) is 2.40. The second-order valence-electron chi connectivity index (χ2n) is 5.74. The summed E-state index contributed by atoms with van der Waals surface area (Å²) in [7, 11) is 0. The number of carbonyl (C=O) groups is 1. The summed E-state index contributed by atoms with van der Waals surface area (Å²) < 4.78 is 44.7. The van der Waals surface area contributed by atoms with E-state index in [-0.39, 0.29) is 5.56 Å².